The van der Waals surface area contributed by atoms with Gasteiger partial charge < -0.3 is 14.5 Å². The molecular weight excluding hydrogens is 526 g/mol. The topological polar surface area (TPSA) is 76.4 Å². The van der Waals surface area contributed by atoms with Crippen LogP contribution in [0.5, 0.6) is 5.75 Å². The number of methoxy groups -OCH3 is 1. The third kappa shape index (κ3) is 4.62. The van der Waals surface area contributed by atoms with Crippen molar-refractivity contribution in [3.8, 4) is 17.2 Å². The van der Waals surface area contributed by atoms with E-state index >= 15 is 0 Å². The van der Waals surface area contributed by atoms with E-state index in [0.29, 0.717) is 21.7 Å². The summed E-state index contributed by atoms with van der Waals surface area (Å²) in [7, 11) is 1.53. The number of carbonyl (C=O) groups is 1. The van der Waals surface area contributed by atoms with E-state index in [4.69, 9.17) is 21.4 Å². The van der Waals surface area contributed by atoms with Crippen LogP contribution in [0.2, 0.25) is 0 Å². The van der Waals surface area contributed by atoms with E-state index in [0.717, 1.165) is 38.7 Å². The van der Waals surface area contributed by atoms with E-state index in [1.54, 1.807) is 6.07 Å². The Morgan fingerprint density at radius 2 is 1.83 bits per heavy atom. The summed E-state index contributed by atoms with van der Waals surface area (Å²) >= 11 is 8.93. The fourth-order valence-corrected chi connectivity index (χ4v) is 4.79. The van der Waals surface area contributed by atoms with Crippen LogP contribution in [0.15, 0.2) is 81.7 Å². The third-order valence-electron chi connectivity index (χ3n) is 5.55. The smallest absolute Gasteiger partial charge is 0.261 e. The van der Waals surface area contributed by atoms with Crippen LogP contribution in [0.1, 0.15) is 15.9 Å². The standard InChI is InChI=1S/C27H20BrN3O3S/c1-15-7-12-22-21(13-15)30-26(34-22)16-8-10-18(11-9-16)29-27(35)31-25(32)20-14-17-5-3-4-6-19(17)23(28)24(20)33-2/h3-14H,1-2H3,(H2,29,31,32,35). The number of anilines is 1. The highest BCUT2D eigenvalue weighted by Crippen LogP contribution is 2.36. The number of amides is 1. The lowest BCUT2D eigenvalue weighted by molar-refractivity contribution is 0.0975. The van der Waals surface area contributed by atoms with Crippen molar-refractivity contribution in [1.82, 2.24) is 10.3 Å². The molecule has 2 N–H and O–H groups in total. The van der Waals surface area contributed by atoms with Gasteiger partial charge in [-0.05, 0) is 93.9 Å². The molecule has 174 valence electrons. The number of aryl methyl sites for hydroxylation is 1. The molecule has 8 heteroatoms. The van der Waals surface area contributed by atoms with Gasteiger partial charge in [-0.15, -0.1) is 0 Å². The Balaban J connectivity index is 1.31. The highest BCUT2D eigenvalue weighted by molar-refractivity contribution is 9.10. The molecule has 5 rings (SSSR count). The molecule has 0 unspecified atom stereocenters. The maximum atomic E-state index is 13.0. The van der Waals surface area contributed by atoms with Crippen molar-refractivity contribution in [2.75, 3.05) is 12.4 Å². The van der Waals surface area contributed by atoms with Crippen LogP contribution < -0.4 is 15.4 Å². The first kappa shape index (κ1) is 23.0. The number of carbonyl (C=O) groups excluding carboxylic acids is 1. The number of aromatic nitrogens is 1. The Hall–Kier alpha value is -3.75. The second-order valence-corrected chi connectivity index (χ2v) is 9.17. The van der Waals surface area contributed by atoms with Crippen molar-refractivity contribution in [3.05, 3.63) is 88.4 Å². The summed E-state index contributed by atoms with van der Waals surface area (Å²) in [6.45, 7) is 2.02. The van der Waals surface area contributed by atoms with E-state index in [1.807, 2.05) is 73.7 Å². The fraction of sp³-hybridized carbons (Fsp3) is 0.0741. The number of oxazole rings is 1. The highest BCUT2D eigenvalue weighted by atomic mass is 79.9. The van der Waals surface area contributed by atoms with E-state index in [1.165, 1.54) is 7.11 Å². The monoisotopic (exact) mass is 545 g/mol. The van der Waals surface area contributed by atoms with Crippen molar-refractivity contribution in [2.24, 2.45) is 0 Å². The van der Waals surface area contributed by atoms with Crippen molar-refractivity contribution >= 4 is 66.7 Å². The molecule has 0 aliphatic heterocycles. The van der Waals surface area contributed by atoms with Crippen molar-refractivity contribution in [2.45, 2.75) is 6.92 Å². The Morgan fingerprint density at radius 1 is 1.06 bits per heavy atom. The van der Waals surface area contributed by atoms with Gasteiger partial charge >= 0.3 is 0 Å². The number of halogens is 1. The molecule has 0 radical (unpaired) electrons. The van der Waals surface area contributed by atoms with Crippen LogP contribution in [0.3, 0.4) is 0 Å². The molecule has 0 saturated heterocycles. The largest absolute Gasteiger partial charge is 0.495 e. The Labute approximate surface area is 215 Å². The zero-order valence-electron chi connectivity index (χ0n) is 18.9. The molecule has 0 bridgehead atoms. The Bertz CT molecular complexity index is 1600. The quantitative estimate of drug-likeness (QED) is 0.240. The average Bonchev–Trinajstić information content (AvgIpc) is 3.27. The van der Waals surface area contributed by atoms with Crippen molar-refractivity contribution in [3.63, 3.8) is 0 Å². The van der Waals surface area contributed by atoms with Gasteiger partial charge in [0, 0.05) is 11.3 Å². The number of thiocarbonyl (C=S) groups is 1. The minimum Gasteiger partial charge on any atom is -0.495 e. The van der Waals surface area contributed by atoms with Gasteiger partial charge in [-0.2, -0.15) is 0 Å². The number of nitrogens with one attached hydrogen (secondary N) is 2. The molecule has 5 aromatic rings. The summed E-state index contributed by atoms with van der Waals surface area (Å²) in [6.07, 6.45) is 0. The first-order valence-corrected chi connectivity index (χ1v) is 12.0. The summed E-state index contributed by atoms with van der Waals surface area (Å²) < 4.78 is 12.1. The number of nitrogens with zero attached hydrogens (tertiary/aromatic N) is 1. The molecule has 6 nitrogen and oxygen atoms in total. The molecule has 0 atom stereocenters. The first-order chi connectivity index (χ1) is 16.9. The summed E-state index contributed by atoms with van der Waals surface area (Å²) in [5, 5.41) is 7.81. The second kappa shape index (κ2) is 9.48. The number of rotatable bonds is 4. The lowest BCUT2D eigenvalue weighted by Gasteiger charge is -2.14. The van der Waals surface area contributed by atoms with Gasteiger partial charge in [-0.25, -0.2) is 4.98 Å². The molecule has 0 saturated carbocycles. The minimum absolute atomic E-state index is 0.173. The molecule has 1 amide bonds. The predicted molar refractivity (Wildman–Crippen MR) is 146 cm³/mol. The van der Waals surface area contributed by atoms with E-state index in [-0.39, 0.29) is 11.0 Å². The highest BCUT2D eigenvalue weighted by Gasteiger charge is 2.19. The van der Waals surface area contributed by atoms with Crippen LogP contribution in [0, 0.1) is 6.92 Å². The zero-order chi connectivity index (χ0) is 24.5. The van der Waals surface area contributed by atoms with Crippen LogP contribution in [0.4, 0.5) is 5.69 Å². The Morgan fingerprint density at radius 3 is 2.60 bits per heavy atom. The zero-order valence-corrected chi connectivity index (χ0v) is 21.3. The molecule has 4 aromatic carbocycles. The van der Waals surface area contributed by atoms with Crippen molar-refractivity contribution < 1.29 is 13.9 Å². The first-order valence-electron chi connectivity index (χ1n) is 10.8. The Kier molecular flexibility index (Phi) is 6.23. The molecule has 35 heavy (non-hydrogen) atoms. The summed E-state index contributed by atoms with van der Waals surface area (Å²) in [4.78, 5) is 17.6. The molecule has 0 fully saturated rings. The maximum Gasteiger partial charge on any atom is 0.261 e. The summed E-state index contributed by atoms with van der Waals surface area (Å²) in [5.41, 5.74) is 4.63. The second-order valence-electron chi connectivity index (χ2n) is 7.97. The molecule has 0 spiro atoms. The summed E-state index contributed by atoms with van der Waals surface area (Å²) in [6, 6.07) is 22.9. The van der Waals surface area contributed by atoms with E-state index < -0.39 is 0 Å². The number of hydrogen-bond donors (Lipinski definition) is 2. The van der Waals surface area contributed by atoms with E-state index in [9.17, 15) is 4.79 Å². The van der Waals surface area contributed by atoms with Gasteiger partial charge in [0.25, 0.3) is 5.91 Å². The minimum atomic E-state index is -0.371. The van der Waals surface area contributed by atoms with E-state index in [2.05, 4.69) is 31.5 Å². The molecular formula is C27H20BrN3O3S. The molecule has 0 aliphatic rings. The third-order valence-corrected chi connectivity index (χ3v) is 6.54. The number of fused-ring (bicyclic) bond motifs is 2. The maximum absolute atomic E-state index is 13.0. The summed E-state index contributed by atoms with van der Waals surface area (Å²) in [5.74, 6) is 0.619. The molecule has 1 aromatic heterocycles. The van der Waals surface area contributed by atoms with Gasteiger partial charge in [0.05, 0.1) is 17.1 Å². The van der Waals surface area contributed by atoms with Crippen LogP contribution in [0.25, 0.3) is 33.3 Å². The fourth-order valence-electron chi connectivity index (χ4n) is 3.84. The SMILES string of the molecule is COc1c(C(=O)NC(=S)Nc2ccc(-c3nc4cc(C)ccc4o3)cc2)cc2ccccc2c1Br. The number of hydrogen-bond acceptors (Lipinski definition) is 5. The van der Waals surface area contributed by atoms with Gasteiger partial charge in [0.1, 0.15) is 11.3 Å². The normalized spacial score (nSPS) is 10.9. The lowest BCUT2D eigenvalue weighted by atomic mass is 10.1. The molecule has 1 heterocycles. The predicted octanol–water partition coefficient (Wildman–Crippen LogP) is 6.85. The number of benzene rings is 4. The van der Waals surface area contributed by atoms with Crippen LogP contribution >= 0.6 is 28.1 Å². The van der Waals surface area contributed by atoms with Gasteiger partial charge in [-0.3, -0.25) is 10.1 Å². The van der Waals surface area contributed by atoms with Gasteiger partial charge in [0.15, 0.2) is 10.7 Å². The lowest BCUT2D eigenvalue weighted by Crippen LogP contribution is -2.34. The van der Waals surface area contributed by atoms with Gasteiger partial charge in [-0.1, -0.05) is 30.3 Å². The van der Waals surface area contributed by atoms with Crippen LogP contribution in [-0.2, 0) is 0 Å². The van der Waals surface area contributed by atoms with Gasteiger partial charge in [0.2, 0.25) is 5.89 Å². The average molecular weight is 546 g/mol. The molecule has 0 aliphatic carbocycles. The van der Waals surface area contributed by atoms with Crippen molar-refractivity contribution in [1.29, 1.82) is 0 Å². The number of ether oxygens (including phenoxy) is 1. The van der Waals surface area contributed by atoms with Crippen LogP contribution in [-0.4, -0.2) is 23.1 Å².